The van der Waals surface area contributed by atoms with Gasteiger partial charge in [0.25, 0.3) is 0 Å². The van der Waals surface area contributed by atoms with Crippen molar-refractivity contribution in [3.05, 3.63) is 36.1 Å². The second-order valence-electron chi connectivity index (χ2n) is 7.47. The number of hydrogen-bond acceptors (Lipinski definition) is 4. The average molecular weight is 396 g/mol. The molecule has 0 atom stereocenters. The minimum atomic E-state index is 0.650. The van der Waals surface area contributed by atoms with Gasteiger partial charge in [0.15, 0.2) is 0 Å². The third-order valence-electron chi connectivity index (χ3n) is 4.35. The summed E-state index contributed by atoms with van der Waals surface area (Å²) in [6.45, 7) is 19.6. The Bertz CT molecular complexity index is 418. The SMILES string of the molecule is C=C(C)CCOCCCCCOCCOCCNC(=C)CCC(C)=CCCC. The second kappa shape index (κ2) is 20.6. The van der Waals surface area contributed by atoms with Crippen molar-refractivity contribution in [2.75, 3.05) is 46.2 Å². The Hall–Kier alpha value is -1.10. The zero-order valence-corrected chi connectivity index (χ0v) is 18.8. The molecule has 0 amide bonds. The van der Waals surface area contributed by atoms with Crippen molar-refractivity contribution < 1.29 is 14.2 Å². The van der Waals surface area contributed by atoms with Crippen LogP contribution in [0.5, 0.6) is 0 Å². The molecule has 0 aliphatic carbocycles. The van der Waals surface area contributed by atoms with Gasteiger partial charge in [-0.3, -0.25) is 0 Å². The molecule has 0 spiro atoms. The van der Waals surface area contributed by atoms with Crippen molar-refractivity contribution in [3.8, 4) is 0 Å². The minimum absolute atomic E-state index is 0.650. The molecule has 0 saturated heterocycles. The molecule has 0 aromatic heterocycles. The molecule has 0 radical (unpaired) electrons. The van der Waals surface area contributed by atoms with Crippen LogP contribution in [-0.2, 0) is 14.2 Å². The van der Waals surface area contributed by atoms with Gasteiger partial charge in [0.05, 0.1) is 26.4 Å². The van der Waals surface area contributed by atoms with Crippen LogP contribution in [0.2, 0.25) is 0 Å². The number of ether oxygens (including phenoxy) is 3. The molecule has 0 unspecified atom stereocenters. The zero-order chi connectivity index (χ0) is 20.9. The first-order valence-electron chi connectivity index (χ1n) is 11.0. The zero-order valence-electron chi connectivity index (χ0n) is 18.8. The largest absolute Gasteiger partial charge is 0.386 e. The second-order valence-corrected chi connectivity index (χ2v) is 7.47. The maximum Gasteiger partial charge on any atom is 0.0701 e. The monoisotopic (exact) mass is 395 g/mol. The van der Waals surface area contributed by atoms with Crippen LogP contribution in [0.1, 0.15) is 72.1 Å². The van der Waals surface area contributed by atoms with Crippen molar-refractivity contribution in [3.63, 3.8) is 0 Å². The topological polar surface area (TPSA) is 39.7 Å². The van der Waals surface area contributed by atoms with Crippen LogP contribution in [0.15, 0.2) is 36.1 Å². The maximum atomic E-state index is 5.60. The lowest BCUT2D eigenvalue weighted by molar-refractivity contribution is 0.0469. The molecule has 0 aliphatic heterocycles. The molecule has 0 saturated carbocycles. The maximum absolute atomic E-state index is 5.60. The van der Waals surface area contributed by atoms with Crippen LogP contribution in [-0.4, -0.2) is 46.2 Å². The lowest BCUT2D eigenvalue weighted by atomic mass is 10.1. The van der Waals surface area contributed by atoms with Gasteiger partial charge in [0.1, 0.15) is 0 Å². The van der Waals surface area contributed by atoms with Crippen LogP contribution >= 0.6 is 0 Å². The van der Waals surface area contributed by atoms with Crippen molar-refractivity contribution >= 4 is 0 Å². The van der Waals surface area contributed by atoms with Crippen LogP contribution < -0.4 is 5.32 Å². The Morgan fingerprint density at radius 2 is 1.43 bits per heavy atom. The number of rotatable bonds is 21. The summed E-state index contributed by atoms with van der Waals surface area (Å²) < 4.78 is 16.7. The van der Waals surface area contributed by atoms with E-state index in [1.54, 1.807) is 0 Å². The van der Waals surface area contributed by atoms with Crippen LogP contribution in [0.25, 0.3) is 0 Å². The molecule has 1 N–H and O–H groups in total. The van der Waals surface area contributed by atoms with Gasteiger partial charge in [0.2, 0.25) is 0 Å². The average Bonchev–Trinajstić information content (AvgIpc) is 2.67. The number of unbranched alkanes of at least 4 members (excludes halogenated alkanes) is 3. The quantitative estimate of drug-likeness (QED) is 0.197. The fourth-order valence-corrected chi connectivity index (χ4v) is 2.48. The van der Waals surface area contributed by atoms with Gasteiger partial charge in [0, 0.05) is 25.5 Å². The molecule has 0 fully saturated rings. The summed E-state index contributed by atoms with van der Waals surface area (Å²) in [7, 11) is 0. The predicted octanol–water partition coefficient (Wildman–Crippen LogP) is 5.80. The fourth-order valence-electron chi connectivity index (χ4n) is 2.48. The first-order valence-corrected chi connectivity index (χ1v) is 11.0. The standard InChI is InChI=1S/C24H45NO3/c1-6-7-11-23(4)12-13-24(5)25-15-19-28-21-20-27-17-10-8-9-16-26-18-14-22(2)3/h11,25H,2,5-10,12-21H2,1,3-4H3. The summed E-state index contributed by atoms with van der Waals surface area (Å²) in [4.78, 5) is 0. The van der Waals surface area contributed by atoms with E-state index in [9.17, 15) is 0 Å². The molecule has 0 aromatic carbocycles. The van der Waals surface area contributed by atoms with E-state index in [1.165, 1.54) is 24.0 Å². The van der Waals surface area contributed by atoms with Crippen molar-refractivity contribution in [1.82, 2.24) is 5.32 Å². The van der Waals surface area contributed by atoms with E-state index >= 15 is 0 Å². The van der Waals surface area contributed by atoms with E-state index in [0.717, 1.165) is 70.6 Å². The van der Waals surface area contributed by atoms with Gasteiger partial charge in [-0.1, -0.05) is 37.1 Å². The molecule has 0 bridgehead atoms. The first kappa shape index (κ1) is 26.9. The Balaban J connectivity index is 3.25. The predicted molar refractivity (Wildman–Crippen MR) is 121 cm³/mol. The number of nitrogens with one attached hydrogen (secondary N) is 1. The summed E-state index contributed by atoms with van der Waals surface area (Å²) in [5, 5.41) is 3.34. The Morgan fingerprint density at radius 1 is 0.786 bits per heavy atom. The van der Waals surface area contributed by atoms with E-state index in [-0.39, 0.29) is 0 Å². The third kappa shape index (κ3) is 21.2. The van der Waals surface area contributed by atoms with Gasteiger partial charge < -0.3 is 19.5 Å². The smallest absolute Gasteiger partial charge is 0.0701 e. The van der Waals surface area contributed by atoms with Gasteiger partial charge >= 0.3 is 0 Å². The third-order valence-corrected chi connectivity index (χ3v) is 4.35. The van der Waals surface area contributed by atoms with Gasteiger partial charge in [-0.25, -0.2) is 0 Å². The summed E-state index contributed by atoms with van der Waals surface area (Å²) in [5.74, 6) is 0. The first-order chi connectivity index (χ1) is 13.6. The highest BCUT2D eigenvalue weighted by molar-refractivity contribution is 5.02. The van der Waals surface area contributed by atoms with E-state index in [0.29, 0.717) is 19.8 Å². The molecule has 0 rings (SSSR count). The molecule has 0 aromatic rings. The summed E-state index contributed by atoms with van der Waals surface area (Å²) in [6, 6.07) is 0. The van der Waals surface area contributed by atoms with Gasteiger partial charge in [-0.15, -0.1) is 6.58 Å². The van der Waals surface area contributed by atoms with Crippen LogP contribution in [0.4, 0.5) is 0 Å². The molecule has 4 heteroatoms. The summed E-state index contributed by atoms with van der Waals surface area (Å²) in [6.07, 6.45) is 11.1. The van der Waals surface area contributed by atoms with Crippen molar-refractivity contribution in [1.29, 1.82) is 0 Å². The Labute approximate surface area is 174 Å². The van der Waals surface area contributed by atoms with E-state index in [2.05, 4.69) is 38.4 Å². The van der Waals surface area contributed by atoms with E-state index in [4.69, 9.17) is 14.2 Å². The fraction of sp³-hybridized carbons (Fsp3) is 0.750. The molecule has 0 heterocycles. The molecule has 4 nitrogen and oxygen atoms in total. The van der Waals surface area contributed by atoms with Crippen LogP contribution in [0, 0.1) is 0 Å². The Morgan fingerprint density at radius 3 is 2.07 bits per heavy atom. The lowest BCUT2D eigenvalue weighted by Gasteiger charge is -2.10. The van der Waals surface area contributed by atoms with Crippen molar-refractivity contribution in [2.45, 2.75) is 72.1 Å². The van der Waals surface area contributed by atoms with Crippen molar-refractivity contribution in [2.24, 2.45) is 0 Å². The van der Waals surface area contributed by atoms with Gasteiger partial charge in [-0.2, -0.15) is 0 Å². The van der Waals surface area contributed by atoms with E-state index < -0.39 is 0 Å². The molecule has 28 heavy (non-hydrogen) atoms. The number of hydrogen-bond donors (Lipinski definition) is 1. The minimum Gasteiger partial charge on any atom is -0.386 e. The summed E-state index contributed by atoms with van der Waals surface area (Å²) in [5.41, 5.74) is 3.72. The highest BCUT2D eigenvalue weighted by atomic mass is 16.5. The number of allylic oxidation sites excluding steroid dienone is 3. The Kier molecular flexibility index (Phi) is 19.8. The molecule has 164 valence electrons. The summed E-state index contributed by atoms with van der Waals surface area (Å²) >= 11 is 0. The van der Waals surface area contributed by atoms with E-state index in [1.807, 2.05) is 6.92 Å². The highest BCUT2D eigenvalue weighted by Gasteiger charge is 1.97. The van der Waals surface area contributed by atoms with Gasteiger partial charge in [-0.05, 0) is 58.8 Å². The lowest BCUT2D eigenvalue weighted by Crippen LogP contribution is -2.19. The molecular weight excluding hydrogens is 350 g/mol. The highest BCUT2D eigenvalue weighted by Crippen LogP contribution is 2.09. The normalized spacial score (nSPS) is 11.6. The molecule has 0 aliphatic rings. The van der Waals surface area contributed by atoms with Crippen LogP contribution in [0.3, 0.4) is 0 Å². The molecular formula is C24H45NO3.